The Kier molecular flexibility index (Phi) is 4.50. The Balaban J connectivity index is 1.81. The second-order valence-corrected chi connectivity index (χ2v) is 4.55. The summed E-state index contributed by atoms with van der Waals surface area (Å²) in [5.41, 5.74) is 0. The summed E-state index contributed by atoms with van der Waals surface area (Å²) < 4.78 is 10.8. The number of nitrogens with one attached hydrogen (secondary N) is 1. The second kappa shape index (κ2) is 6.12. The van der Waals surface area contributed by atoms with Crippen LogP contribution in [0.3, 0.4) is 0 Å². The van der Waals surface area contributed by atoms with Crippen molar-refractivity contribution in [3.05, 3.63) is 11.7 Å². The Bertz CT molecular complexity index is 334. The molecular weight excluding hydrogens is 218 g/mol. The molecule has 1 saturated heterocycles. The average molecular weight is 239 g/mol. The van der Waals surface area contributed by atoms with Gasteiger partial charge >= 0.3 is 0 Å². The number of aryl methyl sites for hydroxylation is 1. The van der Waals surface area contributed by atoms with Crippen molar-refractivity contribution in [2.45, 2.75) is 51.7 Å². The lowest BCUT2D eigenvalue weighted by atomic mass is 10.2. The minimum Gasteiger partial charge on any atom is -0.370 e. The van der Waals surface area contributed by atoms with Crippen LogP contribution in [0.15, 0.2) is 4.52 Å². The molecule has 0 bridgehead atoms. The summed E-state index contributed by atoms with van der Waals surface area (Å²) in [5.74, 6) is 1.44. The number of hydrogen-bond donors (Lipinski definition) is 1. The summed E-state index contributed by atoms with van der Waals surface area (Å²) >= 11 is 0. The quantitative estimate of drug-likeness (QED) is 0.821. The van der Waals surface area contributed by atoms with Gasteiger partial charge in [0.2, 0.25) is 11.7 Å². The summed E-state index contributed by atoms with van der Waals surface area (Å²) in [6.07, 6.45) is 3.99. The molecule has 2 heterocycles. The van der Waals surface area contributed by atoms with E-state index in [0.29, 0.717) is 11.9 Å². The van der Waals surface area contributed by atoms with Crippen LogP contribution in [0.4, 0.5) is 0 Å². The van der Waals surface area contributed by atoms with Gasteiger partial charge in [-0.3, -0.25) is 0 Å². The molecule has 2 rings (SSSR count). The predicted octanol–water partition coefficient (Wildman–Crippen LogP) is 1.85. The summed E-state index contributed by atoms with van der Waals surface area (Å²) in [6.45, 7) is 6.08. The molecule has 0 saturated carbocycles. The Morgan fingerprint density at radius 3 is 3.12 bits per heavy atom. The van der Waals surface area contributed by atoms with Crippen molar-refractivity contribution >= 4 is 0 Å². The minimum atomic E-state index is 0.0543. The number of hydrogen-bond acceptors (Lipinski definition) is 5. The first-order chi connectivity index (χ1) is 8.29. The van der Waals surface area contributed by atoms with Gasteiger partial charge in [0.25, 0.3) is 0 Å². The lowest BCUT2D eigenvalue weighted by Crippen LogP contribution is -2.25. The zero-order chi connectivity index (χ0) is 12.1. The smallest absolute Gasteiger partial charge is 0.226 e. The highest BCUT2D eigenvalue weighted by atomic mass is 16.5. The van der Waals surface area contributed by atoms with Gasteiger partial charge in [-0.15, -0.1) is 0 Å². The van der Waals surface area contributed by atoms with E-state index in [2.05, 4.69) is 29.3 Å². The number of rotatable bonds is 6. The van der Waals surface area contributed by atoms with E-state index < -0.39 is 0 Å². The van der Waals surface area contributed by atoms with Crippen LogP contribution >= 0.6 is 0 Å². The molecule has 2 unspecified atom stereocenters. The number of aromatic nitrogens is 2. The zero-order valence-corrected chi connectivity index (χ0v) is 10.6. The zero-order valence-electron chi connectivity index (χ0n) is 10.6. The Morgan fingerprint density at radius 1 is 1.53 bits per heavy atom. The van der Waals surface area contributed by atoms with E-state index in [1.165, 1.54) is 0 Å². The molecule has 1 aromatic heterocycles. The molecular formula is C12H21N3O2. The topological polar surface area (TPSA) is 60.2 Å². The van der Waals surface area contributed by atoms with Gasteiger partial charge in [-0.2, -0.15) is 4.98 Å². The highest BCUT2D eigenvalue weighted by molar-refractivity contribution is 4.93. The summed E-state index contributed by atoms with van der Waals surface area (Å²) in [7, 11) is 0. The standard InChI is InChI=1S/C12H21N3O2/c1-3-13-9(2)6-7-11-14-12(15-17-11)10-5-4-8-16-10/h9-10,13H,3-8H2,1-2H3. The Hall–Kier alpha value is -0.940. The molecule has 5 heteroatoms. The predicted molar refractivity (Wildman–Crippen MR) is 63.7 cm³/mol. The van der Waals surface area contributed by atoms with Crippen LogP contribution in [-0.2, 0) is 11.2 Å². The van der Waals surface area contributed by atoms with Gasteiger partial charge in [-0.1, -0.05) is 12.1 Å². The van der Waals surface area contributed by atoms with E-state index in [9.17, 15) is 0 Å². The van der Waals surface area contributed by atoms with Crippen molar-refractivity contribution in [3.8, 4) is 0 Å². The lowest BCUT2D eigenvalue weighted by Gasteiger charge is -2.09. The molecule has 17 heavy (non-hydrogen) atoms. The first-order valence-electron chi connectivity index (χ1n) is 6.47. The maximum Gasteiger partial charge on any atom is 0.226 e. The van der Waals surface area contributed by atoms with Gasteiger partial charge in [0.05, 0.1) is 0 Å². The first-order valence-corrected chi connectivity index (χ1v) is 6.47. The molecule has 1 N–H and O–H groups in total. The average Bonchev–Trinajstić information content (AvgIpc) is 2.97. The normalized spacial score (nSPS) is 21.9. The van der Waals surface area contributed by atoms with Gasteiger partial charge in [0, 0.05) is 19.1 Å². The molecule has 1 aliphatic rings. The van der Waals surface area contributed by atoms with E-state index in [1.54, 1.807) is 0 Å². The highest BCUT2D eigenvalue weighted by Crippen LogP contribution is 2.26. The maximum atomic E-state index is 5.52. The molecule has 5 nitrogen and oxygen atoms in total. The monoisotopic (exact) mass is 239 g/mol. The molecule has 96 valence electrons. The van der Waals surface area contributed by atoms with Gasteiger partial charge in [0.1, 0.15) is 6.10 Å². The molecule has 0 spiro atoms. The SMILES string of the molecule is CCNC(C)CCc1nc(C2CCCO2)no1. The van der Waals surface area contributed by atoms with Crippen LogP contribution in [0.1, 0.15) is 50.9 Å². The van der Waals surface area contributed by atoms with Crippen molar-refractivity contribution in [2.75, 3.05) is 13.2 Å². The van der Waals surface area contributed by atoms with Crippen molar-refractivity contribution in [2.24, 2.45) is 0 Å². The summed E-state index contributed by atoms with van der Waals surface area (Å²) in [4.78, 5) is 4.39. The van der Waals surface area contributed by atoms with Crippen LogP contribution in [-0.4, -0.2) is 29.3 Å². The molecule has 0 aliphatic carbocycles. The molecule has 0 aromatic carbocycles. The lowest BCUT2D eigenvalue weighted by molar-refractivity contribution is 0.103. The first kappa shape index (κ1) is 12.5. The van der Waals surface area contributed by atoms with Gasteiger partial charge in [-0.05, 0) is 32.7 Å². The van der Waals surface area contributed by atoms with Crippen LogP contribution in [0.2, 0.25) is 0 Å². The molecule has 1 fully saturated rings. The largest absolute Gasteiger partial charge is 0.370 e. The van der Waals surface area contributed by atoms with Gasteiger partial charge in [0.15, 0.2) is 0 Å². The van der Waals surface area contributed by atoms with Crippen LogP contribution in [0.25, 0.3) is 0 Å². The van der Waals surface area contributed by atoms with E-state index in [1.807, 2.05) is 0 Å². The maximum absolute atomic E-state index is 5.52. The number of nitrogens with zero attached hydrogens (tertiary/aromatic N) is 2. The van der Waals surface area contributed by atoms with Crippen LogP contribution < -0.4 is 5.32 Å². The third-order valence-corrected chi connectivity index (χ3v) is 3.05. The van der Waals surface area contributed by atoms with E-state index in [4.69, 9.17) is 9.26 Å². The summed E-state index contributed by atoms with van der Waals surface area (Å²) in [6, 6.07) is 0.484. The number of ether oxygens (including phenoxy) is 1. The minimum absolute atomic E-state index is 0.0543. The molecule has 1 aromatic rings. The van der Waals surface area contributed by atoms with E-state index in [-0.39, 0.29) is 6.10 Å². The van der Waals surface area contributed by atoms with Crippen molar-refractivity contribution in [3.63, 3.8) is 0 Å². The third kappa shape index (κ3) is 3.51. The van der Waals surface area contributed by atoms with Gasteiger partial charge < -0.3 is 14.6 Å². The van der Waals surface area contributed by atoms with E-state index in [0.717, 1.165) is 44.7 Å². The third-order valence-electron chi connectivity index (χ3n) is 3.05. The van der Waals surface area contributed by atoms with Crippen LogP contribution in [0.5, 0.6) is 0 Å². The Labute approximate surface area is 102 Å². The van der Waals surface area contributed by atoms with Gasteiger partial charge in [-0.25, -0.2) is 0 Å². The highest BCUT2D eigenvalue weighted by Gasteiger charge is 2.23. The summed E-state index contributed by atoms with van der Waals surface area (Å²) in [5, 5.41) is 7.35. The molecule has 2 atom stereocenters. The molecule has 0 amide bonds. The van der Waals surface area contributed by atoms with Crippen molar-refractivity contribution in [1.29, 1.82) is 0 Å². The molecule has 0 radical (unpaired) electrons. The van der Waals surface area contributed by atoms with Crippen molar-refractivity contribution < 1.29 is 9.26 Å². The van der Waals surface area contributed by atoms with Crippen LogP contribution in [0, 0.1) is 0 Å². The van der Waals surface area contributed by atoms with E-state index >= 15 is 0 Å². The fourth-order valence-electron chi connectivity index (χ4n) is 2.07. The molecule has 1 aliphatic heterocycles. The van der Waals surface area contributed by atoms with Crippen molar-refractivity contribution in [1.82, 2.24) is 15.5 Å². The fourth-order valence-corrected chi connectivity index (χ4v) is 2.07. The second-order valence-electron chi connectivity index (χ2n) is 4.55. The Morgan fingerprint density at radius 2 is 2.41 bits per heavy atom. The fraction of sp³-hybridized carbons (Fsp3) is 0.833.